The summed E-state index contributed by atoms with van der Waals surface area (Å²) < 4.78 is 0. The van der Waals surface area contributed by atoms with Gasteiger partial charge in [-0.2, -0.15) is 15.0 Å². The van der Waals surface area contributed by atoms with Gasteiger partial charge in [0.15, 0.2) is 5.69 Å². The van der Waals surface area contributed by atoms with Crippen molar-refractivity contribution >= 4 is 11.7 Å². The third-order valence-electron chi connectivity index (χ3n) is 4.19. The molecule has 8 heteroatoms. The van der Waals surface area contributed by atoms with Crippen molar-refractivity contribution in [2.75, 3.05) is 12.3 Å². The smallest absolute Gasteiger partial charge is 0.276 e. The summed E-state index contributed by atoms with van der Waals surface area (Å²) in [4.78, 5) is 16.0. The van der Waals surface area contributed by atoms with Gasteiger partial charge in [-0.25, -0.2) is 0 Å². The fourth-order valence-electron chi connectivity index (χ4n) is 2.92. The van der Waals surface area contributed by atoms with Crippen molar-refractivity contribution in [3.8, 4) is 5.69 Å². The molecule has 2 aromatic heterocycles. The summed E-state index contributed by atoms with van der Waals surface area (Å²) in [6, 6.07) is 9.57. The number of anilines is 1. The van der Waals surface area contributed by atoms with Crippen LogP contribution in [0.1, 0.15) is 27.3 Å². The van der Waals surface area contributed by atoms with Gasteiger partial charge in [-0.3, -0.25) is 4.79 Å². The van der Waals surface area contributed by atoms with Gasteiger partial charge >= 0.3 is 0 Å². The minimum Gasteiger partial charge on any atom is -0.382 e. The first-order valence-electron chi connectivity index (χ1n) is 8.00. The molecule has 0 aliphatic carbocycles. The van der Waals surface area contributed by atoms with Crippen LogP contribution in [0.4, 0.5) is 5.82 Å². The lowest BCUT2D eigenvalue weighted by Crippen LogP contribution is -2.36. The normalized spacial score (nSPS) is 13.6. The summed E-state index contributed by atoms with van der Waals surface area (Å²) in [5.74, 6) is 0.207. The second kappa shape index (κ2) is 5.97. The number of carbonyl (C=O) groups excluding carboxylic acids is 1. The second-order valence-corrected chi connectivity index (χ2v) is 6.08. The molecule has 0 atom stereocenters. The first kappa shape index (κ1) is 15.3. The average molecular weight is 335 g/mol. The quantitative estimate of drug-likeness (QED) is 0.753. The van der Waals surface area contributed by atoms with E-state index in [4.69, 9.17) is 5.73 Å². The van der Waals surface area contributed by atoms with E-state index in [-0.39, 0.29) is 5.91 Å². The van der Waals surface area contributed by atoms with E-state index >= 15 is 0 Å². The first-order chi connectivity index (χ1) is 12.1. The number of nitrogens with two attached hydrogens (primary N) is 1. The fraction of sp³-hybridized carbons (Fsp3) is 0.235. The van der Waals surface area contributed by atoms with Crippen LogP contribution >= 0.6 is 0 Å². The Balaban J connectivity index is 1.56. The van der Waals surface area contributed by atoms with Gasteiger partial charge in [-0.15, -0.1) is 10.2 Å². The zero-order valence-electron chi connectivity index (χ0n) is 13.8. The number of aryl methyl sites for hydroxylation is 1. The topological polar surface area (TPSA) is 103 Å². The van der Waals surface area contributed by atoms with E-state index < -0.39 is 0 Å². The van der Waals surface area contributed by atoms with E-state index in [0.717, 1.165) is 22.5 Å². The molecule has 2 N–H and O–H groups in total. The minimum absolute atomic E-state index is 0.153. The lowest BCUT2D eigenvalue weighted by Gasteiger charge is -2.27. The van der Waals surface area contributed by atoms with Crippen molar-refractivity contribution < 1.29 is 4.79 Å². The average Bonchev–Trinajstić information content (AvgIpc) is 3.10. The van der Waals surface area contributed by atoms with Gasteiger partial charge in [0.25, 0.3) is 5.91 Å². The molecule has 25 heavy (non-hydrogen) atoms. The van der Waals surface area contributed by atoms with Crippen LogP contribution in [0.15, 0.2) is 36.5 Å². The number of nitrogens with zero attached hydrogens (tertiary/aromatic N) is 6. The van der Waals surface area contributed by atoms with Crippen molar-refractivity contribution in [2.45, 2.75) is 19.9 Å². The zero-order valence-corrected chi connectivity index (χ0v) is 13.8. The Morgan fingerprint density at radius 2 is 2.12 bits per heavy atom. The van der Waals surface area contributed by atoms with Crippen LogP contribution in [0.3, 0.4) is 0 Å². The van der Waals surface area contributed by atoms with Crippen LogP contribution in [0.2, 0.25) is 0 Å². The Morgan fingerprint density at radius 3 is 2.96 bits per heavy atom. The van der Waals surface area contributed by atoms with Gasteiger partial charge in [-0.1, -0.05) is 12.1 Å². The van der Waals surface area contributed by atoms with E-state index in [1.165, 1.54) is 11.0 Å². The number of aromatic nitrogens is 5. The number of rotatable bonds is 2. The maximum Gasteiger partial charge on any atom is 0.276 e. The van der Waals surface area contributed by atoms with Crippen LogP contribution in [0.5, 0.6) is 0 Å². The van der Waals surface area contributed by atoms with Gasteiger partial charge in [-0.05, 0) is 36.2 Å². The summed E-state index contributed by atoms with van der Waals surface area (Å²) in [7, 11) is 0. The number of fused-ring (bicyclic) bond motifs is 1. The molecule has 0 unspecified atom stereocenters. The van der Waals surface area contributed by atoms with E-state index in [1.807, 2.05) is 31.2 Å². The SMILES string of the molecule is Cc1cccc(-n2ncc(C(=O)N3CCc4nnc(N)cc4C3)n2)c1. The highest BCUT2D eigenvalue weighted by molar-refractivity contribution is 5.92. The third kappa shape index (κ3) is 2.93. The molecule has 3 heterocycles. The monoisotopic (exact) mass is 335 g/mol. The van der Waals surface area contributed by atoms with Crippen LogP contribution in [-0.4, -0.2) is 42.5 Å². The maximum atomic E-state index is 12.7. The highest BCUT2D eigenvalue weighted by atomic mass is 16.2. The number of carbonyl (C=O) groups is 1. The molecule has 1 amide bonds. The maximum absolute atomic E-state index is 12.7. The number of benzene rings is 1. The van der Waals surface area contributed by atoms with Gasteiger partial charge in [0.2, 0.25) is 0 Å². The predicted octanol–water partition coefficient (Wildman–Crippen LogP) is 1.15. The minimum atomic E-state index is -0.153. The zero-order chi connectivity index (χ0) is 17.4. The lowest BCUT2D eigenvalue weighted by molar-refractivity contribution is 0.0726. The number of hydrogen-bond acceptors (Lipinski definition) is 6. The summed E-state index contributed by atoms with van der Waals surface area (Å²) in [5.41, 5.74) is 9.76. The fourth-order valence-corrected chi connectivity index (χ4v) is 2.92. The van der Waals surface area contributed by atoms with Crippen molar-refractivity contribution in [3.05, 3.63) is 59.0 Å². The molecule has 1 aliphatic heterocycles. The van der Waals surface area contributed by atoms with Gasteiger partial charge in [0.05, 0.1) is 17.6 Å². The molecule has 0 saturated heterocycles. The van der Waals surface area contributed by atoms with Crippen molar-refractivity contribution in [1.82, 2.24) is 30.1 Å². The largest absolute Gasteiger partial charge is 0.382 e. The van der Waals surface area contributed by atoms with E-state index in [1.54, 1.807) is 11.0 Å². The molecular formula is C17H17N7O. The molecular weight excluding hydrogens is 318 g/mol. The Labute approximate surface area is 144 Å². The van der Waals surface area contributed by atoms with Gasteiger partial charge in [0, 0.05) is 19.5 Å². The Morgan fingerprint density at radius 1 is 1.24 bits per heavy atom. The molecule has 1 aromatic carbocycles. The second-order valence-electron chi connectivity index (χ2n) is 6.08. The van der Waals surface area contributed by atoms with E-state index in [2.05, 4.69) is 20.4 Å². The highest BCUT2D eigenvalue weighted by Gasteiger charge is 2.25. The van der Waals surface area contributed by atoms with E-state index in [0.29, 0.717) is 31.0 Å². The van der Waals surface area contributed by atoms with E-state index in [9.17, 15) is 4.79 Å². The molecule has 3 aromatic rings. The molecule has 8 nitrogen and oxygen atoms in total. The third-order valence-corrected chi connectivity index (χ3v) is 4.19. The molecule has 126 valence electrons. The molecule has 4 rings (SSSR count). The van der Waals surface area contributed by atoms with Crippen molar-refractivity contribution in [2.24, 2.45) is 0 Å². The van der Waals surface area contributed by atoms with Gasteiger partial charge < -0.3 is 10.6 Å². The van der Waals surface area contributed by atoms with Gasteiger partial charge in [0.1, 0.15) is 5.82 Å². The lowest BCUT2D eigenvalue weighted by atomic mass is 10.1. The predicted molar refractivity (Wildman–Crippen MR) is 91.0 cm³/mol. The first-order valence-corrected chi connectivity index (χ1v) is 8.00. The number of hydrogen-bond donors (Lipinski definition) is 1. The van der Waals surface area contributed by atoms with Crippen LogP contribution in [-0.2, 0) is 13.0 Å². The Kier molecular flexibility index (Phi) is 3.64. The van der Waals surface area contributed by atoms with Crippen molar-refractivity contribution in [1.29, 1.82) is 0 Å². The van der Waals surface area contributed by atoms with Crippen LogP contribution in [0, 0.1) is 6.92 Å². The molecule has 0 fully saturated rings. The van der Waals surface area contributed by atoms with Crippen LogP contribution < -0.4 is 5.73 Å². The van der Waals surface area contributed by atoms with Crippen LogP contribution in [0.25, 0.3) is 5.69 Å². The summed E-state index contributed by atoms with van der Waals surface area (Å²) in [5, 5.41) is 16.5. The van der Waals surface area contributed by atoms with Crippen molar-refractivity contribution in [3.63, 3.8) is 0 Å². The Bertz CT molecular complexity index is 950. The summed E-state index contributed by atoms with van der Waals surface area (Å²) >= 11 is 0. The summed E-state index contributed by atoms with van der Waals surface area (Å²) in [6.45, 7) is 3.02. The number of nitrogen functional groups attached to an aromatic ring is 1. The highest BCUT2D eigenvalue weighted by Crippen LogP contribution is 2.19. The molecule has 0 bridgehead atoms. The molecule has 0 saturated carbocycles. The Hall–Kier alpha value is -3.29. The molecule has 1 aliphatic rings. The molecule has 0 radical (unpaired) electrons. The molecule has 0 spiro atoms. The summed E-state index contributed by atoms with van der Waals surface area (Å²) in [6.07, 6.45) is 2.15. The standard InChI is InChI=1S/C17H17N7O/c1-11-3-2-4-13(7-11)24-19-9-15(22-24)17(25)23-6-5-14-12(10-23)8-16(18)21-20-14/h2-4,7-9H,5-6,10H2,1H3,(H2,18,21). The number of amides is 1.